The number of hydrogen-bond acceptors (Lipinski definition) is 4. The molecule has 0 aliphatic heterocycles. The van der Waals surface area contributed by atoms with Gasteiger partial charge in [0.15, 0.2) is 0 Å². The summed E-state index contributed by atoms with van der Waals surface area (Å²) in [4.78, 5) is 7.93. The fourth-order valence-electron chi connectivity index (χ4n) is 1.40. The third-order valence-corrected chi connectivity index (χ3v) is 2.13. The van der Waals surface area contributed by atoms with Crippen molar-refractivity contribution >= 4 is 5.65 Å². The first-order valence-electron chi connectivity index (χ1n) is 4.41. The summed E-state index contributed by atoms with van der Waals surface area (Å²) in [7, 11) is 0. The quantitative estimate of drug-likeness (QED) is 0.638. The standard InChI is InChI=1S/C10H6N5.CH3.Y/c1-2-15-7-13-14-10(15)3-8(1)9-4-11-6-12-5-9;;/h1-6H;1H3;/q2*-1;. The molecule has 1 radical (unpaired) electrons. The smallest absolute Gasteiger partial charge is 0.115 e. The van der Waals surface area contributed by atoms with Gasteiger partial charge in [0.25, 0.3) is 0 Å². The molecule has 0 saturated heterocycles. The third-order valence-electron chi connectivity index (χ3n) is 2.13. The molecule has 3 heterocycles. The van der Waals surface area contributed by atoms with Crippen LogP contribution in [0.15, 0.2) is 37.1 Å². The van der Waals surface area contributed by atoms with Crippen molar-refractivity contribution in [1.29, 1.82) is 0 Å². The van der Waals surface area contributed by atoms with Gasteiger partial charge in [0.05, 0.1) is 0 Å². The molecule has 0 saturated carbocycles. The zero-order valence-electron chi connectivity index (χ0n) is 9.28. The van der Waals surface area contributed by atoms with Gasteiger partial charge in [0.1, 0.15) is 6.33 Å². The third kappa shape index (κ3) is 2.73. The van der Waals surface area contributed by atoms with E-state index in [1.165, 1.54) is 6.33 Å². The van der Waals surface area contributed by atoms with Crippen molar-refractivity contribution < 1.29 is 32.7 Å². The van der Waals surface area contributed by atoms with Crippen molar-refractivity contribution in [2.75, 3.05) is 0 Å². The van der Waals surface area contributed by atoms with Gasteiger partial charge >= 0.3 is 0 Å². The number of hydrogen-bond donors (Lipinski definition) is 0. The van der Waals surface area contributed by atoms with Crippen LogP contribution in [0.5, 0.6) is 0 Å². The fourth-order valence-corrected chi connectivity index (χ4v) is 1.40. The van der Waals surface area contributed by atoms with Crippen LogP contribution in [-0.2, 0) is 32.7 Å². The van der Waals surface area contributed by atoms with E-state index in [-0.39, 0.29) is 40.1 Å². The van der Waals surface area contributed by atoms with Gasteiger partial charge in [-0.05, 0) is 5.56 Å². The van der Waals surface area contributed by atoms with E-state index >= 15 is 0 Å². The predicted octanol–water partition coefficient (Wildman–Crippen LogP) is 1.43. The molecular formula is C11H9N5Y-2. The number of nitrogens with zero attached hydrogens (tertiary/aromatic N) is 5. The molecule has 0 aliphatic carbocycles. The van der Waals surface area contributed by atoms with Gasteiger partial charge in [-0.25, -0.2) is 20.2 Å². The van der Waals surface area contributed by atoms with Crippen molar-refractivity contribution in [1.82, 2.24) is 24.6 Å². The molecule has 0 aliphatic rings. The first-order valence-corrected chi connectivity index (χ1v) is 4.41. The van der Waals surface area contributed by atoms with Crippen LogP contribution in [0.2, 0.25) is 0 Å². The number of fused-ring (bicyclic) bond motifs is 1. The van der Waals surface area contributed by atoms with Crippen LogP contribution in [0.1, 0.15) is 0 Å². The van der Waals surface area contributed by atoms with Crippen LogP contribution in [-0.4, -0.2) is 24.6 Å². The topological polar surface area (TPSA) is 56.0 Å². The summed E-state index contributed by atoms with van der Waals surface area (Å²) in [6, 6.07) is 3.87. The second-order valence-electron chi connectivity index (χ2n) is 3.07. The molecule has 0 N–H and O–H groups in total. The van der Waals surface area contributed by atoms with Crippen molar-refractivity contribution in [3.8, 4) is 11.1 Å². The summed E-state index contributed by atoms with van der Waals surface area (Å²) < 4.78 is 1.73. The molecule has 3 aromatic rings. The molecule has 5 nitrogen and oxygen atoms in total. The maximum Gasteiger partial charge on any atom is 0.115 e. The Morgan fingerprint density at radius 2 is 1.88 bits per heavy atom. The van der Waals surface area contributed by atoms with Crippen LogP contribution in [0.25, 0.3) is 16.8 Å². The minimum Gasteiger partial charge on any atom is -0.450 e. The first-order chi connectivity index (χ1) is 7.43. The Labute approximate surface area is 124 Å². The van der Waals surface area contributed by atoms with Gasteiger partial charge in [-0.3, -0.25) is 0 Å². The van der Waals surface area contributed by atoms with Gasteiger partial charge in [0.2, 0.25) is 0 Å². The Kier molecular flexibility index (Phi) is 4.84. The van der Waals surface area contributed by atoms with E-state index in [0.717, 1.165) is 16.8 Å². The Morgan fingerprint density at radius 3 is 2.65 bits per heavy atom. The second kappa shape index (κ2) is 5.93. The Morgan fingerprint density at radius 1 is 1.12 bits per heavy atom. The van der Waals surface area contributed by atoms with Crippen LogP contribution >= 0.6 is 0 Å². The first kappa shape index (κ1) is 13.9. The minimum atomic E-state index is 0. The average molecular weight is 300 g/mol. The largest absolute Gasteiger partial charge is 0.450 e. The second-order valence-corrected chi connectivity index (χ2v) is 3.07. The van der Waals surface area contributed by atoms with Crippen molar-refractivity contribution in [2.45, 2.75) is 0 Å². The summed E-state index contributed by atoms with van der Waals surface area (Å²) in [6.45, 7) is 0. The number of rotatable bonds is 1. The van der Waals surface area contributed by atoms with E-state index in [1.54, 1.807) is 16.8 Å². The Balaban J connectivity index is 0.000000722. The Hall–Kier alpha value is -1.20. The zero-order chi connectivity index (χ0) is 10.1. The van der Waals surface area contributed by atoms with E-state index in [2.05, 4.69) is 26.5 Å². The van der Waals surface area contributed by atoms with Crippen molar-refractivity contribution in [3.63, 3.8) is 0 Å². The van der Waals surface area contributed by atoms with Crippen LogP contribution < -0.4 is 0 Å². The van der Waals surface area contributed by atoms with Gasteiger partial charge < -0.3 is 11.8 Å². The van der Waals surface area contributed by atoms with Gasteiger partial charge in [-0.1, -0.05) is 18.3 Å². The summed E-state index contributed by atoms with van der Waals surface area (Å²) in [6.07, 6.45) is 9.61. The average Bonchev–Trinajstić information content (AvgIpc) is 2.77. The molecule has 0 unspecified atom stereocenters. The fraction of sp³-hybridized carbons (Fsp3) is 0. The number of pyridine rings is 1. The molecule has 0 atom stereocenters. The molecular weight excluding hydrogens is 291 g/mol. The van der Waals surface area contributed by atoms with Crippen LogP contribution in [0.3, 0.4) is 0 Å². The number of aromatic nitrogens is 5. The molecule has 3 aromatic heterocycles. The molecule has 17 heavy (non-hydrogen) atoms. The van der Waals surface area contributed by atoms with E-state index in [0.29, 0.717) is 0 Å². The van der Waals surface area contributed by atoms with E-state index in [1.807, 2.05) is 18.3 Å². The van der Waals surface area contributed by atoms with Gasteiger partial charge in [0, 0.05) is 62.6 Å². The molecule has 0 aromatic carbocycles. The predicted molar refractivity (Wildman–Crippen MR) is 59.3 cm³/mol. The normalized spacial score (nSPS) is 9.41. The SMILES string of the molecule is [CH3-].[Y].[c-]1nnc2cc(-c3cncnc3)ccn12. The monoisotopic (exact) mass is 300 g/mol. The molecule has 83 valence electrons. The molecule has 0 bridgehead atoms. The molecule has 0 spiro atoms. The minimum absolute atomic E-state index is 0. The van der Waals surface area contributed by atoms with E-state index < -0.39 is 0 Å². The van der Waals surface area contributed by atoms with Crippen molar-refractivity contribution in [2.24, 2.45) is 0 Å². The summed E-state index contributed by atoms with van der Waals surface area (Å²) >= 11 is 0. The van der Waals surface area contributed by atoms with Crippen LogP contribution in [0, 0.1) is 13.8 Å². The van der Waals surface area contributed by atoms with E-state index in [9.17, 15) is 0 Å². The zero-order valence-corrected chi connectivity index (χ0v) is 12.1. The molecule has 3 rings (SSSR count). The van der Waals surface area contributed by atoms with Crippen molar-refractivity contribution in [3.05, 3.63) is 50.8 Å². The van der Waals surface area contributed by atoms with Crippen LogP contribution in [0.4, 0.5) is 0 Å². The summed E-state index contributed by atoms with van der Waals surface area (Å²) in [5.74, 6) is 0. The summed E-state index contributed by atoms with van der Waals surface area (Å²) in [5.41, 5.74) is 2.74. The Bertz CT molecular complexity index is 593. The molecule has 6 heteroatoms. The maximum absolute atomic E-state index is 3.97. The maximum atomic E-state index is 3.97. The molecule has 0 amide bonds. The van der Waals surface area contributed by atoms with Gasteiger partial charge in [-0.2, -0.15) is 0 Å². The summed E-state index contributed by atoms with van der Waals surface area (Å²) in [5, 5.41) is 7.61. The van der Waals surface area contributed by atoms with E-state index in [4.69, 9.17) is 0 Å². The molecule has 0 fully saturated rings. The van der Waals surface area contributed by atoms with Gasteiger partial charge in [-0.15, -0.1) is 0 Å².